The highest BCUT2D eigenvalue weighted by Crippen LogP contribution is 2.13. The molecule has 150 valence electrons. The van der Waals surface area contributed by atoms with Crippen LogP contribution in [0.1, 0.15) is 11.4 Å². The van der Waals surface area contributed by atoms with E-state index in [4.69, 9.17) is 9.07 Å². The Labute approximate surface area is 171 Å². The van der Waals surface area contributed by atoms with Gasteiger partial charge in [-0.2, -0.15) is 12.8 Å². The normalized spacial score (nSPS) is 11.9. The third-order valence-corrected chi connectivity index (χ3v) is 4.24. The molecule has 0 saturated heterocycles. The van der Waals surface area contributed by atoms with E-state index in [2.05, 4.69) is 23.2 Å². The summed E-state index contributed by atoms with van der Waals surface area (Å²) in [7, 11) is -4.11. The molecule has 1 heterocycles. The van der Waals surface area contributed by atoms with E-state index in [1.165, 1.54) is 18.3 Å². The van der Waals surface area contributed by atoms with E-state index in [0.29, 0.717) is 29.4 Å². The maximum atomic E-state index is 11.8. The first-order valence-corrected chi connectivity index (χ1v) is 10.2. The smallest absolute Gasteiger partial charge is 0.366 e. The van der Waals surface area contributed by atoms with Crippen LogP contribution in [0.4, 0.5) is 0 Å². The van der Waals surface area contributed by atoms with Crippen molar-refractivity contribution in [2.45, 2.75) is 0 Å². The van der Waals surface area contributed by atoms with Crippen LogP contribution in [0.25, 0.3) is 0 Å². The summed E-state index contributed by atoms with van der Waals surface area (Å²) in [6.45, 7) is 0. The average molecular weight is 433 g/mol. The predicted molar refractivity (Wildman–Crippen MR) is 109 cm³/mol. The van der Waals surface area contributed by atoms with Crippen LogP contribution < -0.4 is 9.07 Å². The van der Waals surface area contributed by atoms with Crippen LogP contribution in [-0.2, 0) is 19.7 Å². The minimum absolute atomic E-state index is 0.180. The zero-order valence-corrected chi connectivity index (χ0v) is 16.4. The zero-order valence-electron chi connectivity index (χ0n) is 14.7. The SMILES string of the molecule is O=S(=O)(/N=C/c1ccc(/C=N/SOOOc2ccccc2)[nH]1)Oc1ccccc1. The van der Waals surface area contributed by atoms with Crippen molar-refractivity contribution in [2.24, 2.45) is 8.80 Å². The van der Waals surface area contributed by atoms with Gasteiger partial charge in [0.05, 0.1) is 23.8 Å². The molecule has 0 saturated carbocycles. The molecule has 0 spiro atoms. The summed E-state index contributed by atoms with van der Waals surface area (Å²) in [5.74, 6) is 0.663. The summed E-state index contributed by atoms with van der Waals surface area (Å²) in [4.78, 5) is 7.76. The number of benzene rings is 2. The fourth-order valence-electron chi connectivity index (χ4n) is 1.96. The Hall–Kier alpha value is -3.12. The van der Waals surface area contributed by atoms with Crippen molar-refractivity contribution >= 4 is 35.0 Å². The third kappa shape index (κ3) is 7.43. The largest absolute Gasteiger partial charge is 0.428 e. The lowest BCUT2D eigenvalue weighted by Gasteiger charge is -2.00. The van der Waals surface area contributed by atoms with Crippen LogP contribution in [0.3, 0.4) is 0 Å². The lowest BCUT2D eigenvalue weighted by molar-refractivity contribution is -0.403. The number of para-hydroxylation sites is 2. The highest BCUT2D eigenvalue weighted by molar-refractivity contribution is 7.93. The Kier molecular flexibility index (Phi) is 7.41. The van der Waals surface area contributed by atoms with Crippen molar-refractivity contribution < 1.29 is 26.9 Å². The number of aromatic nitrogens is 1. The molecule has 0 atom stereocenters. The summed E-state index contributed by atoms with van der Waals surface area (Å²) in [5.41, 5.74) is 1.04. The predicted octanol–water partition coefficient (Wildman–Crippen LogP) is 3.68. The molecule has 2 aromatic carbocycles. The number of H-pyrrole nitrogens is 1. The van der Waals surface area contributed by atoms with Crippen molar-refractivity contribution in [3.05, 3.63) is 84.2 Å². The number of nitrogens with one attached hydrogen (secondary N) is 1. The highest BCUT2D eigenvalue weighted by Gasteiger charge is 2.09. The molecule has 0 bridgehead atoms. The van der Waals surface area contributed by atoms with Crippen LogP contribution in [-0.4, -0.2) is 25.8 Å². The van der Waals surface area contributed by atoms with E-state index in [9.17, 15) is 8.42 Å². The number of nitrogens with zero attached hydrogens (tertiary/aromatic N) is 2. The van der Waals surface area contributed by atoms with Gasteiger partial charge in [0.1, 0.15) is 5.75 Å². The molecular formula is C18H15N3O6S2. The summed E-state index contributed by atoms with van der Waals surface area (Å²) in [5, 5.41) is 4.52. The van der Waals surface area contributed by atoms with Crippen molar-refractivity contribution in [3.63, 3.8) is 0 Å². The Morgan fingerprint density at radius 2 is 1.45 bits per heavy atom. The molecule has 9 nitrogen and oxygen atoms in total. The van der Waals surface area contributed by atoms with Gasteiger partial charge < -0.3 is 14.1 Å². The lowest BCUT2D eigenvalue weighted by Crippen LogP contribution is -2.06. The average Bonchev–Trinajstić information content (AvgIpc) is 3.18. The first kappa shape index (κ1) is 20.6. The number of hydrogen-bond donors (Lipinski definition) is 1. The molecule has 11 heteroatoms. The maximum Gasteiger partial charge on any atom is 0.428 e. The van der Waals surface area contributed by atoms with Crippen LogP contribution >= 0.6 is 12.2 Å². The molecule has 0 unspecified atom stereocenters. The van der Waals surface area contributed by atoms with Crippen molar-refractivity contribution in [1.82, 2.24) is 4.98 Å². The van der Waals surface area contributed by atoms with Crippen molar-refractivity contribution in [2.75, 3.05) is 0 Å². The topological polar surface area (TPSA) is 112 Å². The molecule has 3 aromatic rings. The fourth-order valence-corrected chi connectivity index (χ4v) is 2.84. The Morgan fingerprint density at radius 1 is 0.828 bits per heavy atom. The van der Waals surface area contributed by atoms with Gasteiger partial charge in [-0.25, -0.2) is 0 Å². The van der Waals surface area contributed by atoms with E-state index in [0.717, 1.165) is 6.21 Å². The van der Waals surface area contributed by atoms with Gasteiger partial charge in [0.2, 0.25) is 0 Å². The molecule has 1 aromatic heterocycles. The lowest BCUT2D eigenvalue weighted by atomic mass is 10.3. The van der Waals surface area contributed by atoms with E-state index >= 15 is 0 Å². The number of hydrogen-bond acceptors (Lipinski definition) is 8. The monoisotopic (exact) mass is 433 g/mol. The minimum atomic E-state index is -4.11. The molecular weight excluding hydrogens is 418 g/mol. The molecule has 0 aliphatic rings. The van der Waals surface area contributed by atoms with Gasteiger partial charge in [-0.1, -0.05) is 40.7 Å². The van der Waals surface area contributed by atoms with Gasteiger partial charge in [-0.3, -0.25) is 0 Å². The Bertz CT molecular complexity index is 1050. The Balaban J connectivity index is 1.43. The Morgan fingerprint density at radius 3 is 2.14 bits per heavy atom. The second kappa shape index (κ2) is 10.4. The molecule has 0 radical (unpaired) electrons. The molecule has 0 fully saturated rings. The molecule has 29 heavy (non-hydrogen) atoms. The second-order valence-corrected chi connectivity index (χ2v) is 7.00. The number of rotatable bonds is 10. The van der Waals surface area contributed by atoms with Gasteiger partial charge >= 0.3 is 10.3 Å². The summed E-state index contributed by atoms with van der Waals surface area (Å²) < 4.78 is 40.6. The van der Waals surface area contributed by atoms with Crippen LogP contribution in [0, 0.1) is 0 Å². The first-order valence-electron chi connectivity index (χ1n) is 8.10. The van der Waals surface area contributed by atoms with Gasteiger partial charge in [0, 0.05) is 5.04 Å². The summed E-state index contributed by atoms with van der Waals surface area (Å²) in [6.07, 6.45) is 2.58. The van der Waals surface area contributed by atoms with E-state index in [-0.39, 0.29) is 5.75 Å². The quantitative estimate of drug-likeness (QED) is 0.130. The van der Waals surface area contributed by atoms with Crippen LogP contribution in [0.15, 0.2) is 81.6 Å². The standard InChI is InChI=1S/C18H15N3O6S2/c22-29(23,25-18-9-5-2-6-10-18)20-14-16-12-11-15(21-16)13-19-28-27-26-24-17-7-3-1-4-8-17/h1-14,21H/b19-13+,20-14+. The third-order valence-electron chi connectivity index (χ3n) is 3.16. The molecule has 0 aliphatic carbocycles. The molecule has 0 amide bonds. The van der Waals surface area contributed by atoms with Gasteiger partial charge in [0.15, 0.2) is 18.0 Å². The van der Waals surface area contributed by atoms with Gasteiger partial charge in [0.25, 0.3) is 0 Å². The van der Waals surface area contributed by atoms with Crippen LogP contribution in [0.5, 0.6) is 11.5 Å². The van der Waals surface area contributed by atoms with E-state index in [1.807, 2.05) is 6.07 Å². The highest BCUT2D eigenvalue weighted by atomic mass is 32.2. The minimum Gasteiger partial charge on any atom is -0.366 e. The summed E-state index contributed by atoms with van der Waals surface area (Å²) in [6, 6.07) is 20.2. The molecule has 0 aliphatic heterocycles. The zero-order chi connectivity index (χ0) is 20.4. The summed E-state index contributed by atoms with van der Waals surface area (Å²) >= 11 is 0.648. The maximum absolute atomic E-state index is 11.8. The number of aromatic amines is 1. The molecule has 1 N–H and O–H groups in total. The fraction of sp³-hybridized carbons (Fsp3) is 0. The van der Waals surface area contributed by atoms with Crippen molar-refractivity contribution in [3.8, 4) is 11.5 Å². The van der Waals surface area contributed by atoms with E-state index in [1.54, 1.807) is 54.6 Å². The second-order valence-electron chi connectivity index (χ2n) is 5.27. The first-order chi connectivity index (χ1) is 14.1. The van der Waals surface area contributed by atoms with Crippen LogP contribution in [0.2, 0.25) is 0 Å². The van der Waals surface area contributed by atoms with Gasteiger partial charge in [-0.05, 0) is 36.4 Å². The molecule has 3 rings (SSSR count). The van der Waals surface area contributed by atoms with Crippen molar-refractivity contribution in [1.29, 1.82) is 0 Å². The van der Waals surface area contributed by atoms with Gasteiger partial charge in [-0.15, -0.1) is 4.40 Å². The van der Waals surface area contributed by atoms with E-state index < -0.39 is 10.3 Å².